The zero-order valence-electron chi connectivity index (χ0n) is 11.7. The lowest BCUT2D eigenvalue weighted by Gasteiger charge is -2.17. The predicted molar refractivity (Wildman–Crippen MR) is 97.9 cm³/mol. The molecule has 0 fully saturated rings. The molecule has 0 radical (unpaired) electrons. The average Bonchev–Trinajstić information content (AvgIpc) is 2.98. The van der Waals surface area contributed by atoms with Crippen molar-refractivity contribution in [1.82, 2.24) is 0 Å². The Morgan fingerprint density at radius 3 is 2.86 bits per heavy atom. The van der Waals surface area contributed by atoms with Gasteiger partial charge in [0.1, 0.15) is 11.1 Å². The van der Waals surface area contributed by atoms with E-state index in [9.17, 15) is 10.1 Å². The summed E-state index contributed by atoms with van der Waals surface area (Å²) < 4.78 is 1.75. The lowest BCUT2D eigenvalue weighted by molar-refractivity contribution is 0.103. The van der Waals surface area contributed by atoms with E-state index in [1.54, 1.807) is 17.4 Å². The van der Waals surface area contributed by atoms with Crippen LogP contribution in [0.1, 0.15) is 39.0 Å². The molecule has 1 aliphatic carbocycles. The van der Waals surface area contributed by atoms with Crippen LogP contribution in [0.5, 0.6) is 0 Å². The Balaban J connectivity index is 1.89. The van der Waals surface area contributed by atoms with E-state index in [4.69, 9.17) is 0 Å². The zero-order valence-corrected chi connectivity index (χ0v) is 16.5. The summed E-state index contributed by atoms with van der Waals surface area (Å²) in [7, 11) is 0. The maximum absolute atomic E-state index is 12.4. The van der Waals surface area contributed by atoms with Crippen molar-refractivity contribution in [3.8, 4) is 6.07 Å². The minimum absolute atomic E-state index is 0.167. The third-order valence-electron chi connectivity index (χ3n) is 3.72. The van der Waals surface area contributed by atoms with E-state index in [-0.39, 0.29) is 5.91 Å². The predicted octanol–water partition coefficient (Wildman–Crippen LogP) is 5.58. The molecular formula is C15H12Br2N2OS2. The molecule has 1 atom stereocenters. The molecular weight excluding hydrogens is 448 g/mol. The summed E-state index contributed by atoms with van der Waals surface area (Å²) in [5.74, 6) is 0.477. The Morgan fingerprint density at radius 1 is 1.45 bits per heavy atom. The minimum Gasteiger partial charge on any atom is -0.312 e. The molecule has 7 heteroatoms. The molecule has 3 nitrogen and oxygen atoms in total. The van der Waals surface area contributed by atoms with Crippen molar-refractivity contribution in [3.63, 3.8) is 0 Å². The van der Waals surface area contributed by atoms with Crippen molar-refractivity contribution in [1.29, 1.82) is 5.26 Å². The standard InChI is InChI=1S/C15H12Br2N2OS2/c1-7-2-3-8-9(6-18)15(22-11(8)4-7)19-14(20)12-5-10(16)13(17)21-12/h5,7H,2-4H2,1H3,(H,19,20). The van der Waals surface area contributed by atoms with Gasteiger partial charge in [-0.1, -0.05) is 6.92 Å². The first-order valence-electron chi connectivity index (χ1n) is 6.80. The Kier molecular flexibility index (Phi) is 4.74. The molecule has 0 saturated heterocycles. The molecule has 2 aromatic heterocycles. The fraction of sp³-hybridized carbons (Fsp3) is 0.333. The normalized spacial score (nSPS) is 16.9. The van der Waals surface area contributed by atoms with Crippen molar-refractivity contribution in [3.05, 3.63) is 35.2 Å². The minimum atomic E-state index is -0.167. The Hall–Kier alpha value is -0.680. The highest BCUT2D eigenvalue weighted by molar-refractivity contribution is 9.13. The number of nitrogens with one attached hydrogen (secondary N) is 1. The number of amides is 1. The van der Waals surface area contributed by atoms with Crippen molar-refractivity contribution >= 4 is 65.4 Å². The van der Waals surface area contributed by atoms with Crippen LogP contribution >= 0.6 is 54.5 Å². The molecule has 2 heterocycles. The highest BCUT2D eigenvalue weighted by atomic mass is 79.9. The number of fused-ring (bicyclic) bond motifs is 1. The van der Waals surface area contributed by atoms with Crippen LogP contribution in [0, 0.1) is 17.2 Å². The smallest absolute Gasteiger partial charge is 0.266 e. The first-order chi connectivity index (χ1) is 10.5. The largest absolute Gasteiger partial charge is 0.312 e. The number of hydrogen-bond acceptors (Lipinski definition) is 4. The fourth-order valence-electron chi connectivity index (χ4n) is 2.58. The van der Waals surface area contributed by atoms with Gasteiger partial charge in [-0.25, -0.2) is 0 Å². The second kappa shape index (κ2) is 6.44. The molecule has 1 amide bonds. The molecule has 2 aromatic rings. The number of carbonyl (C=O) groups excluding carboxylic acids is 1. The van der Waals surface area contributed by atoms with Crippen LogP contribution in [0.2, 0.25) is 0 Å². The third kappa shape index (κ3) is 3.02. The molecule has 0 bridgehead atoms. The maximum Gasteiger partial charge on any atom is 0.266 e. The fourth-order valence-corrected chi connectivity index (χ4v) is 5.87. The number of carbonyl (C=O) groups is 1. The number of thiophene rings is 2. The molecule has 0 aromatic carbocycles. The van der Waals surface area contributed by atoms with Gasteiger partial charge in [-0.2, -0.15) is 5.26 Å². The molecule has 1 aliphatic rings. The van der Waals surface area contributed by atoms with Gasteiger partial charge in [-0.05, 0) is 68.7 Å². The van der Waals surface area contributed by atoms with E-state index in [1.165, 1.54) is 16.2 Å². The highest BCUT2D eigenvalue weighted by Gasteiger charge is 2.25. The van der Waals surface area contributed by atoms with Crippen LogP contribution in [0.4, 0.5) is 5.00 Å². The molecule has 0 aliphatic heterocycles. The number of anilines is 1. The van der Waals surface area contributed by atoms with Crippen LogP contribution in [0.15, 0.2) is 14.3 Å². The van der Waals surface area contributed by atoms with Gasteiger partial charge >= 0.3 is 0 Å². The highest BCUT2D eigenvalue weighted by Crippen LogP contribution is 2.40. The molecule has 1 unspecified atom stereocenters. The van der Waals surface area contributed by atoms with E-state index in [1.807, 2.05) is 0 Å². The molecule has 3 rings (SSSR count). The number of halogens is 2. The van der Waals surface area contributed by atoms with Gasteiger partial charge in [0.05, 0.1) is 14.2 Å². The molecule has 0 spiro atoms. The second-order valence-electron chi connectivity index (χ2n) is 5.35. The van der Waals surface area contributed by atoms with Crippen LogP contribution in [0.3, 0.4) is 0 Å². The SMILES string of the molecule is CC1CCc2c(sc(NC(=O)c3cc(Br)c(Br)s3)c2C#N)C1. The topological polar surface area (TPSA) is 52.9 Å². The Bertz CT molecular complexity index is 769. The summed E-state index contributed by atoms with van der Waals surface area (Å²) >= 11 is 9.70. The lowest BCUT2D eigenvalue weighted by Crippen LogP contribution is -2.11. The molecule has 114 valence electrons. The number of nitriles is 1. The molecule has 1 N–H and O–H groups in total. The monoisotopic (exact) mass is 458 g/mol. The van der Waals surface area contributed by atoms with Gasteiger partial charge in [0.25, 0.3) is 5.91 Å². The van der Waals surface area contributed by atoms with Crippen LogP contribution < -0.4 is 5.32 Å². The summed E-state index contributed by atoms with van der Waals surface area (Å²) in [4.78, 5) is 14.2. The first kappa shape index (κ1) is 16.2. The van der Waals surface area contributed by atoms with Crippen LogP contribution in [-0.2, 0) is 12.8 Å². The van der Waals surface area contributed by atoms with Gasteiger partial charge in [0, 0.05) is 9.35 Å². The van der Waals surface area contributed by atoms with Gasteiger partial charge in [-0.3, -0.25) is 4.79 Å². The van der Waals surface area contributed by atoms with E-state index in [0.717, 1.165) is 33.1 Å². The van der Waals surface area contributed by atoms with Crippen molar-refractivity contribution in [2.24, 2.45) is 5.92 Å². The molecule has 22 heavy (non-hydrogen) atoms. The van der Waals surface area contributed by atoms with Gasteiger partial charge in [-0.15, -0.1) is 22.7 Å². The van der Waals surface area contributed by atoms with Crippen LogP contribution in [0.25, 0.3) is 0 Å². The van der Waals surface area contributed by atoms with E-state index < -0.39 is 0 Å². The van der Waals surface area contributed by atoms with Crippen molar-refractivity contribution in [2.75, 3.05) is 5.32 Å². The summed E-state index contributed by atoms with van der Waals surface area (Å²) in [6.45, 7) is 2.23. The zero-order chi connectivity index (χ0) is 15.9. The second-order valence-corrected chi connectivity index (χ2v) is 9.68. The summed E-state index contributed by atoms with van der Waals surface area (Å²) in [5, 5.41) is 13.1. The quantitative estimate of drug-likeness (QED) is 0.636. The van der Waals surface area contributed by atoms with Gasteiger partial charge in [0.2, 0.25) is 0 Å². The van der Waals surface area contributed by atoms with Gasteiger partial charge in [0.15, 0.2) is 0 Å². The van der Waals surface area contributed by atoms with E-state index >= 15 is 0 Å². The van der Waals surface area contributed by atoms with E-state index in [2.05, 4.69) is 50.2 Å². The number of hydrogen-bond donors (Lipinski definition) is 1. The Labute approximate surface area is 153 Å². The van der Waals surface area contributed by atoms with E-state index in [0.29, 0.717) is 21.4 Å². The van der Waals surface area contributed by atoms with Crippen LogP contribution in [-0.4, -0.2) is 5.91 Å². The van der Waals surface area contributed by atoms with Crippen molar-refractivity contribution in [2.45, 2.75) is 26.2 Å². The summed E-state index contributed by atoms with van der Waals surface area (Å²) in [6.07, 6.45) is 3.04. The summed E-state index contributed by atoms with van der Waals surface area (Å²) in [6, 6.07) is 4.06. The maximum atomic E-state index is 12.4. The Morgan fingerprint density at radius 2 is 2.23 bits per heavy atom. The van der Waals surface area contributed by atoms with Gasteiger partial charge < -0.3 is 5.32 Å². The summed E-state index contributed by atoms with van der Waals surface area (Å²) in [5.41, 5.74) is 1.78. The lowest BCUT2D eigenvalue weighted by atomic mass is 9.89. The van der Waals surface area contributed by atoms with Crippen molar-refractivity contribution < 1.29 is 4.79 Å². The number of rotatable bonds is 2. The third-order valence-corrected chi connectivity index (χ3v) is 8.14. The molecule has 0 saturated carbocycles. The average molecular weight is 460 g/mol. The first-order valence-corrected chi connectivity index (χ1v) is 10.0. The number of nitrogens with zero attached hydrogens (tertiary/aromatic N) is 1.